The van der Waals surface area contributed by atoms with Crippen LogP contribution in [-0.2, 0) is 0 Å². The van der Waals surface area contributed by atoms with E-state index in [1.54, 1.807) is 25.1 Å². The predicted molar refractivity (Wildman–Crippen MR) is 57.8 cm³/mol. The van der Waals surface area contributed by atoms with Crippen LogP contribution in [0.2, 0.25) is 0 Å². The fraction of sp³-hybridized carbons (Fsp3) is 0.182. The van der Waals surface area contributed by atoms with Gasteiger partial charge in [0.25, 0.3) is 0 Å². The van der Waals surface area contributed by atoms with Crippen LogP contribution in [0.1, 0.15) is 18.8 Å². The molecule has 5 heteroatoms. The molecule has 0 fully saturated rings. The van der Waals surface area contributed by atoms with Gasteiger partial charge in [-0.2, -0.15) is 5.10 Å². The highest BCUT2D eigenvalue weighted by atomic mass is 19.1. The van der Waals surface area contributed by atoms with Crippen LogP contribution in [0.25, 0.3) is 11.3 Å². The van der Waals surface area contributed by atoms with Gasteiger partial charge in [-0.25, -0.2) is 9.37 Å². The number of hydrogen-bond acceptors (Lipinski definition) is 4. The summed E-state index contributed by atoms with van der Waals surface area (Å²) in [5, 5.41) is 7.55. The summed E-state index contributed by atoms with van der Waals surface area (Å²) in [7, 11) is 0. The van der Waals surface area contributed by atoms with Crippen LogP contribution in [0.15, 0.2) is 30.5 Å². The van der Waals surface area contributed by atoms with E-state index < -0.39 is 0 Å². The lowest BCUT2D eigenvalue weighted by atomic mass is 10.1. The Bertz CT molecular complexity index is 499. The standard InChI is InChI=1S/C11H11FN4/c1-7(13)11-15-10(6-14-16-11)8-4-2-3-5-9(8)12/h2-7H,13H2,1H3. The lowest BCUT2D eigenvalue weighted by molar-refractivity contribution is 0.629. The summed E-state index contributed by atoms with van der Waals surface area (Å²) in [5.74, 6) is 0.0689. The summed E-state index contributed by atoms with van der Waals surface area (Å²) < 4.78 is 13.5. The Kier molecular flexibility index (Phi) is 2.87. The summed E-state index contributed by atoms with van der Waals surface area (Å²) >= 11 is 0. The van der Waals surface area contributed by atoms with Gasteiger partial charge in [0.2, 0.25) is 0 Å². The van der Waals surface area contributed by atoms with E-state index in [1.165, 1.54) is 12.3 Å². The first-order chi connectivity index (χ1) is 7.68. The van der Waals surface area contributed by atoms with Gasteiger partial charge in [0.15, 0.2) is 5.82 Å². The highest BCUT2D eigenvalue weighted by Crippen LogP contribution is 2.19. The zero-order chi connectivity index (χ0) is 11.5. The quantitative estimate of drug-likeness (QED) is 0.833. The molecule has 2 N–H and O–H groups in total. The van der Waals surface area contributed by atoms with E-state index in [1.807, 2.05) is 0 Å². The van der Waals surface area contributed by atoms with Crippen molar-refractivity contribution in [2.45, 2.75) is 13.0 Å². The van der Waals surface area contributed by atoms with Crippen LogP contribution in [0.5, 0.6) is 0 Å². The Hall–Kier alpha value is -1.88. The molecule has 0 aliphatic heterocycles. The Labute approximate surface area is 92.4 Å². The Morgan fingerprint density at radius 1 is 1.31 bits per heavy atom. The predicted octanol–water partition coefficient (Wildman–Crippen LogP) is 1.70. The molecule has 0 bridgehead atoms. The van der Waals surface area contributed by atoms with Crippen molar-refractivity contribution in [3.63, 3.8) is 0 Å². The molecule has 0 saturated carbocycles. The normalized spacial score (nSPS) is 12.4. The summed E-state index contributed by atoms with van der Waals surface area (Å²) in [4.78, 5) is 4.16. The second kappa shape index (κ2) is 4.32. The van der Waals surface area contributed by atoms with Crippen LogP contribution >= 0.6 is 0 Å². The maximum absolute atomic E-state index is 13.5. The minimum absolute atomic E-state index is 0.320. The fourth-order valence-corrected chi connectivity index (χ4v) is 1.31. The molecular formula is C11H11FN4. The van der Waals surface area contributed by atoms with Crippen molar-refractivity contribution >= 4 is 0 Å². The Balaban J connectivity index is 2.49. The molecule has 16 heavy (non-hydrogen) atoms. The molecular weight excluding hydrogens is 207 g/mol. The van der Waals surface area contributed by atoms with Gasteiger partial charge in [-0.15, -0.1) is 5.10 Å². The third-order valence-corrected chi connectivity index (χ3v) is 2.13. The number of hydrogen-bond donors (Lipinski definition) is 1. The molecule has 4 nitrogen and oxygen atoms in total. The van der Waals surface area contributed by atoms with Gasteiger partial charge in [0, 0.05) is 5.56 Å². The maximum Gasteiger partial charge on any atom is 0.168 e. The van der Waals surface area contributed by atoms with Crippen molar-refractivity contribution in [2.24, 2.45) is 5.73 Å². The van der Waals surface area contributed by atoms with E-state index in [2.05, 4.69) is 15.2 Å². The van der Waals surface area contributed by atoms with Crippen molar-refractivity contribution in [1.82, 2.24) is 15.2 Å². The second-order valence-electron chi connectivity index (χ2n) is 3.47. The van der Waals surface area contributed by atoms with Crippen molar-refractivity contribution in [1.29, 1.82) is 0 Å². The van der Waals surface area contributed by atoms with E-state index in [4.69, 9.17) is 5.73 Å². The first-order valence-electron chi connectivity index (χ1n) is 4.88. The minimum atomic E-state index is -0.335. The van der Waals surface area contributed by atoms with E-state index in [0.29, 0.717) is 17.1 Å². The first kappa shape index (κ1) is 10.6. The molecule has 1 heterocycles. The summed E-state index contributed by atoms with van der Waals surface area (Å²) in [6, 6.07) is 6.07. The monoisotopic (exact) mass is 218 g/mol. The molecule has 1 aromatic heterocycles. The van der Waals surface area contributed by atoms with Crippen molar-refractivity contribution in [3.05, 3.63) is 42.1 Å². The third kappa shape index (κ3) is 2.04. The number of benzene rings is 1. The topological polar surface area (TPSA) is 64.7 Å². The first-order valence-corrected chi connectivity index (χ1v) is 4.88. The average Bonchev–Trinajstić information content (AvgIpc) is 2.30. The molecule has 1 atom stereocenters. The van der Waals surface area contributed by atoms with E-state index in [-0.39, 0.29) is 11.9 Å². The molecule has 82 valence electrons. The zero-order valence-corrected chi connectivity index (χ0v) is 8.76. The van der Waals surface area contributed by atoms with Crippen molar-refractivity contribution in [3.8, 4) is 11.3 Å². The average molecular weight is 218 g/mol. The van der Waals surface area contributed by atoms with E-state index in [0.717, 1.165) is 0 Å². The summed E-state index contributed by atoms with van der Waals surface area (Å²) in [5.41, 5.74) is 6.49. The molecule has 2 aromatic rings. The maximum atomic E-state index is 13.5. The number of aromatic nitrogens is 3. The molecule has 0 spiro atoms. The molecule has 0 saturated heterocycles. The highest BCUT2D eigenvalue weighted by Gasteiger charge is 2.09. The lowest BCUT2D eigenvalue weighted by Crippen LogP contribution is -2.11. The molecule has 2 rings (SSSR count). The molecule has 0 aliphatic carbocycles. The van der Waals surface area contributed by atoms with Gasteiger partial charge in [-0.1, -0.05) is 12.1 Å². The van der Waals surface area contributed by atoms with Crippen LogP contribution in [-0.4, -0.2) is 15.2 Å². The van der Waals surface area contributed by atoms with E-state index in [9.17, 15) is 4.39 Å². The summed E-state index contributed by atoms with van der Waals surface area (Å²) in [6.07, 6.45) is 1.42. The number of nitrogens with two attached hydrogens (primary N) is 1. The molecule has 1 aromatic carbocycles. The van der Waals surface area contributed by atoms with Crippen LogP contribution in [0, 0.1) is 5.82 Å². The van der Waals surface area contributed by atoms with Crippen molar-refractivity contribution in [2.75, 3.05) is 0 Å². The van der Waals surface area contributed by atoms with Crippen LogP contribution in [0.4, 0.5) is 4.39 Å². The van der Waals surface area contributed by atoms with Crippen LogP contribution in [0.3, 0.4) is 0 Å². The van der Waals surface area contributed by atoms with Gasteiger partial charge in [-0.05, 0) is 19.1 Å². The zero-order valence-electron chi connectivity index (χ0n) is 8.76. The van der Waals surface area contributed by atoms with E-state index >= 15 is 0 Å². The number of nitrogens with zero attached hydrogens (tertiary/aromatic N) is 3. The second-order valence-corrected chi connectivity index (χ2v) is 3.47. The van der Waals surface area contributed by atoms with Crippen LogP contribution < -0.4 is 5.73 Å². The van der Waals surface area contributed by atoms with Gasteiger partial charge < -0.3 is 5.73 Å². The minimum Gasteiger partial charge on any atom is -0.321 e. The summed E-state index contributed by atoms with van der Waals surface area (Å²) in [6.45, 7) is 1.75. The van der Waals surface area contributed by atoms with Gasteiger partial charge >= 0.3 is 0 Å². The number of rotatable bonds is 2. The molecule has 0 amide bonds. The molecule has 0 radical (unpaired) electrons. The molecule has 1 unspecified atom stereocenters. The fourth-order valence-electron chi connectivity index (χ4n) is 1.31. The third-order valence-electron chi connectivity index (χ3n) is 2.13. The Morgan fingerprint density at radius 2 is 2.06 bits per heavy atom. The SMILES string of the molecule is CC(N)c1nncc(-c2ccccc2F)n1. The highest BCUT2D eigenvalue weighted by molar-refractivity contribution is 5.58. The van der Waals surface area contributed by atoms with Gasteiger partial charge in [0.1, 0.15) is 5.82 Å². The largest absolute Gasteiger partial charge is 0.321 e. The van der Waals surface area contributed by atoms with Gasteiger partial charge in [0.05, 0.1) is 17.9 Å². The number of halogens is 1. The lowest BCUT2D eigenvalue weighted by Gasteiger charge is -2.05. The van der Waals surface area contributed by atoms with Crippen molar-refractivity contribution < 1.29 is 4.39 Å². The smallest absolute Gasteiger partial charge is 0.168 e. The Morgan fingerprint density at radius 3 is 2.75 bits per heavy atom. The molecule has 0 aliphatic rings. The van der Waals surface area contributed by atoms with Gasteiger partial charge in [-0.3, -0.25) is 0 Å².